The highest BCUT2D eigenvalue weighted by molar-refractivity contribution is 9.10. The fourth-order valence-corrected chi connectivity index (χ4v) is 6.33. The maximum Gasteiger partial charge on any atom is 0.164 e. The minimum absolute atomic E-state index is 0.566. The first-order valence-corrected chi connectivity index (χ1v) is 15.5. The van der Waals surface area contributed by atoms with Gasteiger partial charge in [0.05, 0.1) is 22.7 Å². The van der Waals surface area contributed by atoms with Gasteiger partial charge in [-0.15, -0.1) is 0 Å². The van der Waals surface area contributed by atoms with E-state index in [1.165, 1.54) is 10.8 Å². The SMILES string of the molecule is N#Cc1ccc(-c2ccc(-c3nc(-c4ccncc4)nc(-c4cc(Br)cc(-n5c6ccccc6c6ccccc65)c4)n3)cc2)cc1. The van der Waals surface area contributed by atoms with Crippen molar-refractivity contribution in [1.82, 2.24) is 24.5 Å². The first-order valence-electron chi connectivity index (χ1n) is 14.7. The average Bonchev–Trinajstić information content (AvgIpc) is 3.46. The number of halogens is 1. The highest BCUT2D eigenvalue weighted by Gasteiger charge is 2.16. The Hall–Kier alpha value is -5.97. The van der Waals surface area contributed by atoms with Gasteiger partial charge in [-0.3, -0.25) is 4.98 Å². The number of rotatable bonds is 5. The summed E-state index contributed by atoms with van der Waals surface area (Å²) in [6, 6.07) is 44.9. The molecule has 0 amide bonds. The van der Waals surface area contributed by atoms with E-state index < -0.39 is 0 Å². The number of nitrogens with zero attached hydrogens (tertiary/aromatic N) is 6. The zero-order chi connectivity index (χ0) is 31.0. The molecular formula is C39H23BrN6. The molecule has 0 N–H and O–H groups in total. The fraction of sp³-hybridized carbons (Fsp3) is 0. The standard InChI is InChI=1S/C39H23BrN6/c40-31-21-30(22-32(23-31)46-35-7-3-1-5-33(35)34-6-2-4-8-36(34)46)39-44-37(43-38(45-39)29-17-19-42-20-18-29)28-15-13-27(14-16-28)26-11-9-25(24-41)10-12-26/h1-23H. The average molecular weight is 656 g/mol. The highest BCUT2D eigenvalue weighted by Crippen LogP contribution is 2.35. The molecule has 3 heterocycles. The number of pyridine rings is 1. The highest BCUT2D eigenvalue weighted by atomic mass is 79.9. The summed E-state index contributed by atoms with van der Waals surface area (Å²) in [6.07, 6.45) is 3.48. The lowest BCUT2D eigenvalue weighted by Crippen LogP contribution is -2.01. The summed E-state index contributed by atoms with van der Waals surface area (Å²) in [5.74, 6) is 1.70. The van der Waals surface area contributed by atoms with Gasteiger partial charge in [0, 0.05) is 50.0 Å². The van der Waals surface area contributed by atoms with Crippen molar-refractivity contribution in [2.45, 2.75) is 0 Å². The number of fused-ring (bicyclic) bond motifs is 3. The first kappa shape index (κ1) is 27.6. The lowest BCUT2D eigenvalue weighted by molar-refractivity contribution is 1.07. The topological polar surface area (TPSA) is 80.3 Å². The zero-order valence-electron chi connectivity index (χ0n) is 24.3. The zero-order valence-corrected chi connectivity index (χ0v) is 25.9. The van der Waals surface area contributed by atoms with Crippen molar-refractivity contribution < 1.29 is 0 Å². The van der Waals surface area contributed by atoms with Crippen LogP contribution in [0.4, 0.5) is 0 Å². The van der Waals surface area contributed by atoms with Crippen LogP contribution in [0, 0.1) is 11.3 Å². The van der Waals surface area contributed by atoms with Gasteiger partial charge in [-0.25, -0.2) is 15.0 Å². The molecule has 0 aliphatic carbocycles. The van der Waals surface area contributed by atoms with Crippen LogP contribution in [0.2, 0.25) is 0 Å². The van der Waals surface area contributed by atoms with E-state index in [1.54, 1.807) is 12.4 Å². The van der Waals surface area contributed by atoms with Crippen molar-refractivity contribution in [3.05, 3.63) is 150 Å². The number of hydrogen-bond acceptors (Lipinski definition) is 5. The number of aromatic nitrogens is 5. The van der Waals surface area contributed by atoms with Crippen LogP contribution in [0.1, 0.15) is 5.56 Å². The number of benzene rings is 5. The van der Waals surface area contributed by atoms with Crippen molar-refractivity contribution >= 4 is 37.7 Å². The van der Waals surface area contributed by atoms with E-state index in [-0.39, 0.29) is 0 Å². The normalized spacial score (nSPS) is 11.1. The Morgan fingerprint density at radius 2 is 1.02 bits per heavy atom. The van der Waals surface area contributed by atoms with E-state index in [0.29, 0.717) is 23.0 Å². The summed E-state index contributed by atoms with van der Waals surface area (Å²) in [5.41, 5.74) is 8.55. The Kier molecular flexibility index (Phi) is 6.90. The van der Waals surface area contributed by atoms with Gasteiger partial charge in [-0.2, -0.15) is 5.26 Å². The van der Waals surface area contributed by atoms with Crippen molar-refractivity contribution in [3.8, 4) is 57.0 Å². The Labute approximate surface area is 273 Å². The number of hydrogen-bond donors (Lipinski definition) is 0. The summed E-state index contributed by atoms with van der Waals surface area (Å²) in [6.45, 7) is 0. The summed E-state index contributed by atoms with van der Waals surface area (Å²) >= 11 is 3.78. The van der Waals surface area contributed by atoms with E-state index in [4.69, 9.17) is 20.2 Å². The van der Waals surface area contributed by atoms with Crippen molar-refractivity contribution in [2.24, 2.45) is 0 Å². The Morgan fingerprint density at radius 1 is 0.522 bits per heavy atom. The van der Waals surface area contributed by atoms with Crippen LogP contribution in [0.5, 0.6) is 0 Å². The molecule has 8 rings (SSSR count). The number of nitriles is 1. The number of para-hydroxylation sites is 2. The monoisotopic (exact) mass is 654 g/mol. The van der Waals surface area contributed by atoms with Gasteiger partial charge in [-0.05, 0) is 65.7 Å². The van der Waals surface area contributed by atoms with Crippen molar-refractivity contribution in [1.29, 1.82) is 5.26 Å². The summed E-state index contributed by atoms with van der Waals surface area (Å²) in [4.78, 5) is 19.1. The van der Waals surface area contributed by atoms with Gasteiger partial charge >= 0.3 is 0 Å². The van der Waals surface area contributed by atoms with E-state index in [2.05, 4.69) is 92.2 Å². The largest absolute Gasteiger partial charge is 0.309 e. The molecule has 216 valence electrons. The Balaban J connectivity index is 1.27. The molecule has 0 aliphatic heterocycles. The van der Waals surface area contributed by atoms with Crippen LogP contribution in [-0.2, 0) is 0 Å². The van der Waals surface area contributed by atoms with Gasteiger partial charge in [0.1, 0.15) is 0 Å². The molecule has 0 radical (unpaired) electrons. The molecule has 0 saturated heterocycles. The van der Waals surface area contributed by atoms with Crippen LogP contribution in [0.15, 0.2) is 144 Å². The smallest absolute Gasteiger partial charge is 0.164 e. The molecule has 0 atom stereocenters. The van der Waals surface area contributed by atoms with Crippen molar-refractivity contribution in [2.75, 3.05) is 0 Å². The van der Waals surface area contributed by atoms with Crippen LogP contribution in [0.25, 0.3) is 72.8 Å². The molecule has 0 saturated carbocycles. The third-order valence-electron chi connectivity index (χ3n) is 8.04. The minimum Gasteiger partial charge on any atom is -0.309 e. The second-order valence-electron chi connectivity index (χ2n) is 10.9. The second kappa shape index (κ2) is 11.5. The molecule has 7 heteroatoms. The molecule has 46 heavy (non-hydrogen) atoms. The summed E-state index contributed by atoms with van der Waals surface area (Å²) in [7, 11) is 0. The second-order valence-corrected chi connectivity index (χ2v) is 11.8. The third kappa shape index (κ3) is 5.01. The summed E-state index contributed by atoms with van der Waals surface area (Å²) < 4.78 is 3.20. The minimum atomic E-state index is 0.566. The molecule has 0 bridgehead atoms. The molecule has 0 spiro atoms. The first-order chi connectivity index (χ1) is 22.6. The Morgan fingerprint density at radius 3 is 1.61 bits per heavy atom. The van der Waals surface area contributed by atoms with Crippen LogP contribution in [-0.4, -0.2) is 24.5 Å². The lowest BCUT2D eigenvalue weighted by atomic mass is 10.0. The van der Waals surface area contributed by atoms with E-state index in [9.17, 15) is 0 Å². The molecule has 8 aromatic rings. The van der Waals surface area contributed by atoms with Crippen LogP contribution in [0.3, 0.4) is 0 Å². The van der Waals surface area contributed by atoms with Gasteiger partial charge in [-0.1, -0.05) is 88.7 Å². The molecule has 5 aromatic carbocycles. The van der Waals surface area contributed by atoms with Gasteiger partial charge < -0.3 is 4.57 Å². The lowest BCUT2D eigenvalue weighted by Gasteiger charge is -2.12. The van der Waals surface area contributed by atoms with E-state index in [1.807, 2.05) is 66.7 Å². The van der Waals surface area contributed by atoms with Gasteiger partial charge in [0.25, 0.3) is 0 Å². The quantitative estimate of drug-likeness (QED) is 0.185. The molecule has 0 unspecified atom stereocenters. The predicted octanol–water partition coefficient (Wildman–Crippen LogP) is 9.67. The Bertz CT molecular complexity index is 2370. The third-order valence-corrected chi connectivity index (χ3v) is 8.50. The van der Waals surface area contributed by atoms with Crippen LogP contribution >= 0.6 is 15.9 Å². The molecule has 3 aromatic heterocycles. The predicted molar refractivity (Wildman–Crippen MR) is 186 cm³/mol. The van der Waals surface area contributed by atoms with E-state index >= 15 is 0 Å². The van der Waals surface area contributed by atoms with Crippen LogP contribution < -0.4 is 0 Å². The van der Waals surface area contributed by atoms with Crippen molar-refractivity contribution in [3.63, 3.8) is 0 Å². The fourth-order valence-electron chi connectivity index (χ4n) is 5.85. The molecular weight excluding hydrogens is 632 g/mol. The van der Waals surface area contributed by atoms with Gasteiger partial charge in [0.2, 0.25) is 0 Å². The maximum absolute atomic E-state index is 9.16. The van der Waals surface area contributed by atoms with E-state index in [0.717, 1.165) is 49.0 Å². The maximum atomic E-state index is 9.16. The molecule has 0 fully saturated rings. The molecule has 0 aliphatic rings. The summed E-state index contributed by atoms with van der Waals surface area (Å²) in [5, 5.41) is 11.6. The van der Waals surface area contributed by atoms with Gasteiger partial charge in [0.15, 0.2) is 17.5 Å². The molecule has 6 nitrogen and oxygen atoms in total.